The molecule has 0 aromatic heterocycles. The molecule has 0 aromatic rings. The van der Waals surface area contributed by atoms with Crippen LogP contribution in [0.25, 0.3) is 0 Å². The van der Waals surface area contributed by atoms with E-state index in [0.717, 1.165) is 5.71 Å². The number of rotatable bonds is 27. The molecule has 0 fully saturated rings. The van der Waals surface area contributed by atoms with Crippen molar-refractivity contribution in [2.45, 2.75) is 90.0 Å². The van der Waals surface area contributed by atoms with Crippen molar-refractivity contribution >= 4 is 56.5 Å². The quantitative estimate of drug-likeness (QED) is 0.106. The van der Waals surface area contributed by atoms with Gasteiger partial charge in [0.15, 0.2) is 15.6 Å². The predicted octanol–water partition coefficient (Wildman–Crippen LogP) is 1.49. The van der Waals surface area contributed by atoms with Crippen LogP contribution in [-0.2, 0) is 48.1 Å². The molecule has 45 heavy (non-hydrogen) atoms. The average molecular weight is 659 g/mol. The fourth-order valence-corrected chi connectivity index (χ4v) is 5.64. The van der Waals surface area contributed by atoms with Gasteiger partial charge >= 0.3 is 11.9 Å². The van der Waals surface area contributed by atoms with Crippen LogP contribution in [0.15, 0.2) is 15.4 Å². The largest absolute Gasteiger partial charge is 0.481 e. The number of Topliss-reactive ketones (excluding diaryl/α,β-unsaturated/α-hetero) is 4. The van der Waals surface area contributed by atoms with Gasteiger partial charge in [-0.2, -0.15) is 5.11 Å². The number of carbonyl (C=O) groups excluding carboxylic acids is 5. The first-order valence-electron chi connectivity index (χ1n) is 14.7. The number of nitrogens with zero attached hydrogens (tertiary/aromatic N) is 3. The van der Waals surface area contributed by atoms with Crippen LogP contribution in [-0.4, -0.2) is 103 Å². The number of nitrogens with one attached hydrogen (secondary N) is 1. The van der Waals surface area contributed by atoms with Crippen LogP contribution >= 0.6 is 0 Å². The van der Waals surface area contributed by atoms with Crippen molar-refractivity contribution < 1.29 is 56.9 Å². The van der Waals surface area contributed by atoms with E-state index >= 15 is 0 Å². The van der Waals surface area contributed by atoms with Gasteiger partial charge in [0.25, 0.3) is 0 Å². The van der Waals surface area contributed by atoms with Gasteiger partial charge in [-0.25, -0.2) is 13.2 Å². The zero-order chi connectivity index (χ0) is 33.8. The van der Waals surface area contributed by atoms with Crippen molar-refractivity contribution in [3.63, 3.8) is 0 Å². The van der Waals surface area contributed by atoms with Gasteiger partial charge in [0, 0.05) is 45.1 Å². The number of amides is 1. The van der Waals surface area contributed by atoms with Crippen molar-refractivity contribution in [2.75, 3.05) is 31.3 Å². The third kappa shape index (κ3) is 19.3. The van der Waals surface area contributed by atoms with Gasteiger partial charge in [0.2, 0.25) is 5.91 Å². The molecular weight excluding hydrogens is 616 g/mol. The molecule has 1 aliphatic heterocycles. The number of carbonyl (C=O) groups is 7. The molecule has 0 saturated carbocycles. The molecule has 0 radical (unpaired) electrons. The third-order valence-electron chi connectivity index (χ3n) is 6.65. The van der Waals surface area contributed by atoms with E-state index in [1.807, 2.05) is 0 Å². The van der Waals surface area contributed by atoms with E-state index < -0.39 is 69.1 Å². The normalized spacial score (nSPS) is 13.9. The Morgan fingerprint density at radius 1 is 0.867 bits per heavy atom. The van der Waals surface area contributed by atoms with Crippen LogP contribution < -0.4 is 5.32 Å². The molecule has 3 N–H and O–H groups in total. The molecule has 1 aliphatic rings. The number of ether oxygens (including phenoxy) is 1. The first kappa shape index (κ1) is 39.3. The van der Waals surface area contributed by atoms with Gasteiger partial charge in [-0.1, -0.05) is 0 Å². The van der Waals surface area contributed by atoms with Gasteiger partial charge in [0.05, 0.1) is 17.4 Å². The standard InChI is InChI=1S/C28H42N4O12S/c1-19(33)17-44-13-3-7-22(34)10-11-25(28(40)41)30-26(37)12-9-20(27(38)39)15-23(35)8-4-14-45(42,43)18-24(36)6-2-5-21-16-29-32-31-21/h20,25H,2-18H2,1H3,(H,30,37)(H,38,39)(H,40,41)/t20-,25+/m1/s1. The van der Waals surface area contributed by atoms with Crippen molar-refractivity contribution in [1.29, 1.82) is 0 Å². The summed E-state index contributed by atoms with van der Waals surface area (Å²) in [5.74, 6) is -7.16. The summed E-state index contributed by atoms with van der Waals surface area (Å²) in [6.45, 7) is 1.88. The number of sulfone groups is 1. The summed E-state index contributed by atoms with van der Waals surface area (Å²) in [6, 6.07) is -1.37. The molecule has 1 amide bonds. The maximum absolute atomic E-state index is 12.4. The lowest BCUT2D eigenvalue weighted by atomic mass is 9.95. The second-order valence-corrected chi connectivity index (χ2v) is 13.0. The highest BCUT2D eigenvalue weighted by atomic mass is 32.2. The van der Waals surface area contributed by atoms with Crippen LogP contribution in [0.1, 0.15) is 84.0 Å². The SMILES string of the molecule is CC(=O)COCCCC(=O)CC[C@H](NC(=O)CC[C@H](CC(=O)CCCS(=O)(=O)CC(=O)CCCC1=NN=NC1)C(=O)O)C(=O)O. The van der Waals surface area contributed by atoms with Crippen LogP contribution in [0.2, 0.25) is 0 Å². The minimum atomic E-state index is -3.76. The second kappa shape index (κ2) is 21.1. The highest BCUT2D eigenvalue weighted by Gasteiger charge is 2.25. The van der Waals surface area contributed by atoms with Crippen molar-refractivity contribution in [3.8, 4) is 0 Å². The van der Waals surface area contributed by atoms with Crippen molar-refractivity contribution in [3.05, 3.63) is 0 Å². The highest BCUT2D eigenvalue weighted by molar-refractivity contribution is 7.92. The van der Waals surface area contributed by atoms with E-state index in [9.17, 15) is 52.2 Å². The summed E-state index contributed by atoms with van der Waals surface area (Å²) in [7, 11) is -3.76. The van der Waals surface area contributed by atoms with E-state index in [1.165, 1.54) is 6.92 Å². The molecule has 2 atom stereocenters. The summed E-state index contributed by atoms with van der Waals surface area (Å²) in [5, 5.41) is 32.1. The first-order valence-corrected chi connectivity index (χ1v) is 16.5. The molecule has 1 rings (SSSR count). The highest BCUT2D eigenvalue weighted by Crippen LogP contribution is 2.15. The number of carboxylic acids is 2. The molecule has 0 bridgehead atoms. The first-order chi connectivity index (χ1) is 21.2. The molecule has 0 saturated heterocycles. The van der Waals surface area contributed by atoms with Crippen molar-refractivity contribution in [1.82, 2.24) is 5.32 Å². The predicted molar refractivity (Wildman–Crippen MR) is 158 cm³/mol. The van der Waals surface area contributed by atoms with Crippen LogP contribution in [0.3, 0.4) is 0 Å². The molecule has 0 unspecified atom stereocenters. The van der Waals surface area contributed by atoms with E-state index in [-0.39, 0.29) is 76.1 Å². The lowest BCUT2D eigenvalue weighted by Crippen LogP contribution is -2.41. The summed E-state index contributed by atoms with van der Waals surface area (Å²) in [5.41, 5.74) is 0.722. The Kier molecular flexibility index (Phi) is 18.4. The summed E-state index contributed by atoms with van der Waals surface area (Å²) < 4.78 is 29.6. The zero-order valence-corrected chi connectivity index (χ0v) is 26.2. The van der Waals surface area contributed by atoms with Gasteiger partial charge in [-0.05, 0) is 50.7 Å². The molecule has 0 spiro atoms. The Labute approximate surface area is 261 Å². The van der Waals surface area contributed by atoms with E-state index in [4.69, 9.17) is 4.74 Å². The molecule has 1 heterocycles. The monoisotopic (exact) mass is 658 g/mol. The smallest absolute Gasteiger partial charge is 0.326 e. The molecule has 17 heteroatoms. The van der Waals surface area contributed by atoms with E-state index in [0.29, 0.717) is 25.8 Å². The zero-order valence-electron chi connectivity index (χ0n) is 25.4. The maximum Gasteiger partial charge on any atom is 0.326 e. The molecule has 16 nitrogen and oxygen atoms in total. The van der Waals surface area contributed by atoms with E-state index in [2.05, 4.69) is 20.8 Å². The number of hydrogen-bond donors (Lipinski definition) is 3. The molecule has 0 aliphatic carbocycles. The summed E-state index contributed by atoms with van der Waals surface area (Å²) >= 11 is 0. The Bertz CT molecular complexity index is 1250. The third-order valence-corrected chi connectivity index (χ3v) is 8.33. The number of carboxylic acid groups (broad SMARTS) is 2. The minimum absolute atomic E-state index is 0.0518. The number of hydrogen-bond acceptors (Lipinski definition) is 13. The van der Waals surface area contributed by atoms with Gasteiger partial charge in [-0.15, -0.1) is 5.10 Å². The fraction of sp³-hybridized carbons (Fsp3) is 0.714. The van der Waals surface area contributed by atoms with Gasteiger partial charge < -0.3 is 20.3 Å². The Morgan fingerprint density at radius 3 is 2.18 bits per heavy atom. The second-order valence-electron chi connectivity index (χ2n) is 10.9. The van der Waals surface area contributed by atoms with Crippen molar-refractivity contribution in [2.24, 2.45) is 21.4 Å². The lowest BCUT2D eigenvalue weighted by Gasteiger charge is -2.16. The topological polar surface area (TPSA) is 252 Å². The molecule has 252 valence electrons. The number of aliphatic carboxylic acids is 2. The summed E-state index contributed by atoms with van der Waals surface area (Å²) in [6.07, 6.45) is -0.285. The van der Waals surface area contributed by atoms with E-state index in [1.54, 1.807) is 0 Å². The van der Waals surface area contributed by atoms with Crippen LogP contribution in [0.4, 0.5) is 0 Å². The molecular formula is C28H42N4O12S. The average Bonchev–Trinajstić information content (AvgIpc) is 3.45. The fourth-order valence-electron chi connectivity index (χ4n) is 4.27. The Hall–Kier alpha value is -3.73. The van der Waals surface area contributed by atoms with Gasteiger partial charge in [-0.3, -0.25) is 28.8 Å². The summed E-state index contributed by atoms with van der Waals surface area (Å²) in [4.78, 5) is 82.7. The van der Waals surface area contributed by atoms with Crippen LogP contribution in [0.5, 0.6) is 0 Å². The van der Waals surface area contributed by atoms with Crippen LogP contribution in [0, 0.1) is 5.92 Å². The number of ketones is 4. The Balaban J connectivity index is 2.38. The lowest BCUT2D eigenvalue weighted by molar-refractivity contribution is -0.145. The molecule has 0 aromatic carbocycles. The Morgan fingerprint density at radius 2 is 1.56 bits per heavy atom. The maximum atomic E-state index is 12.4. The van der Waals surface area contributed by atoms with Gasteiger partial charge in [0.1, 0.15) is 42.3 Å². The minimum Gasteiger partial charge on any atom is -0.481 e.